The second kappa shape index (κ2) is 5.04. The summed E-state index contributed by atoms with van der Waals surface area (Å²) < 4.78 is 0. The second-order valence-corrected chi connectivity index (χ2v) is 5.23. The van der Waals surface area contributed by atoms with Crippen LogP contribution in [-0.2, 0) is 9.59 Å². The zero-order valence-electron chi connectivity index (χ0n) is 10.1. The summed E-state index contributed by atoms with van der Waals surface area (Å²) >= 11 is 0. The van der Waals surface area contributed by atoms with Crippen molar-refractivity contribution < 1.29 is 9.59 Å². The molecule has 0 radical (unpaired) electrons. The molecule has 3 atom stereocenters. The molecule has 5 nitrogen and oxygen atoms in total. The third kappa shape index (κ3) is 2.60. The van der Waals surface area contributed by atoms with Crippen LogP contribution in [0.1, 0.15) is 32.1 Å². The Morgan fingerprint density at radius 2 is 1.88 bits per heavy atom. The van der Waals surface area contributed by atoms with Crippen molar-refractivity contribution in [2.24, 2.45) is 23.3 Å². The molecule has 0 aromatic rings. The number of nitrogens with two attached hydrogens (primary N) is 2. The van der Waals surface area contributed by atoms with E-state index in [1.165, 1.54) is 0 Å². The molecule has 4 N–H and O–H groups in total. The molecule has 1 heterocycles. The zero-order valence-corrected chi connectivity index (χ0v) is 10.1. The predicted octanol–water partition coefficient (Wildman–Crippen LogP) is -0.162. The first-order valence-corrected chi connectivity index (χ1v) is 6.43. The third-order valence-corrected chi connectivity index (χ3v) is 4.02. The highest BCUT2D eigenvalue weighted by molar-refractivity contribution is 5.82. The van der Waals surface area contributed by atoms with Crippen LogP contribution in [0.5, 0.6) is 0 Å². The van der Waals surface area contributed by atoms with Gasteiger partial charge in [-0.2, -0.15) is 0 Å². The fourth-order valence-corrected chi connectivity index (χ4v) is 2.94. The van der Waals surface area contributed by atoms with E-state index in [0.29, 0.717) is 6.54 Å². The first-order chi connectivity index (χ1) is 8.09. The molecule has 3 unspecified atom stereocenters. The summed E-state index contributed by atoms with van der Waals surface area (Å²) in [5, 5.41) is 0. The third-order valence-electron chi connectivity index (χ3n) is 4.02. The number of rotatable bonds is 2. The summed E-state index contributed by atoms with van der Waals surface area (Å²) in [6.07, 6.45) is 4.52. The minimum Gasteiger partial charge on any atom is -0.369 e. The van der Waals surface area contributed by atoms with Gasteiger partial charge in [-0.3, -0.25) is 9.59 Å². The van der Waals surface area contributed by atoms with Crippen molar-refractivity contribution >= 4 is 11.8 Å². The second-order valence-electron chi connectivity index (χ2n) is 5.23. The normalized spacial score (nSPS) is 33.7. The van der Waals surface area contributed by atoms with E-state index in [1.807, 2.05) is 0 Å². The quantitative estimate of drug-likeness (QED) is 0.701. The van der Waals surface area contributed by atoms with Crippen LogP contribution in [-0.4, -0.2) is 35.8 Å². The van der Waals surface area contributed by atoms with Crippen LogP contribution in [0.25, 0.3) is 0 Å². The summed E-state index contributed by atoms with van der Waals surface area (Å²) in [5.74, 6) is -0.383. The van der Waals surface area contributed by atoms with E-state index >= 15 is 0 Å². The van der Waals surface area contributed by atoms with E-state index < -0.39 is 0 Å². The van der Waals surface area contributed by atoms with Crippen LogP contribution in [0, 0.1) is 11.8 Å². The highest BCUT2D eigenvalue weighted by atomic mass is 16.2. The summed E-state index contributed by atoms with van der Waals surface area (Å²) in [5.41, 5.74) is 11.3. The predicted molar refractivity (Wildman–Crippen MR) is 63.8 cm³/mol. The summed E-state index contributed by atoms with van der Waals surface area (Å²) in [7, 11) is 0. The Balaban J connectivity index is 1.97. The summed E-state index contributed by atoms with van der Waals surface area (Å²) in [6, 6.07) is -0.00328. The lowest BCUT2D eigenvalue weighted by atomic mass is 9.95. The van der Waals surface area contributed by atoms with E-state index in [9.17, 15) is 9.59 Å². The highest BCUT2D eigenvalue weighted by Crippen LogP contribution is 2.27. The maximum atomic E-state index is 12.3. The molecule has 2 fully saturated rings. The Hall–Kier alpha value is -1.10. The fraction of sp³-hybridized carbons (Fsp3) is 0.833. The number of primary amides is 1. The number of likely N-dealkylation sites (tertiary alicyclic amines) is 1. The first kappa shape index (κ1) is 12.4. The number of hydrogen-bond donors (Lipinski definition) is 2. The molecular weight excluding hydrogens is 218 g/mol. The van der Waals surface area contributed by atoms with Crippen LogP contribution < -0.4 is 11.5 Å². The number of piperidine rings is 1. The van der Waals surface area contributed by atoms with E-state index in [4.69, 9.17) is 11.5 Å². The lowest BCUT2D eigenvalue weighted by Crippen LogP contribution is -2.48. The molecule has 1 saturated carbocycles. The van der Waals surface area contributed by atoms with Gasteiger partial charge in [-0.1, -0.05) is 6.42 Å². The standard InChI is InChI=1S/C12H21N3O2/c13-10-5-1-4-9(10)12(17)15-6-2-3-8(7-15)11(14)16/h8-10H,1-7,13H2,(H2,14,16). The molecule has 0 aromatic heterocycles. The zero-order chi connectivity index (χ0) is 12.4. The first-order valence-electron chi connectivity index (χ1n) is 6.43. The molecule has 5 heteroatoms. The molecule has 96 valence electrons. The monoisotopic (exact) mass is 239 g/mol. The highest BCUT2D eigenvalue weighted by Gasteiger charge is 2.35. The topological polar surface area (TPSA) is 89.4 Å². The fourth-order valence-electron chi connectivity index (χ4n) is 2.94. The van der Waals surface area contributed by atoms with Gasteiger partial charge in [0.1, 0.15) is 0 Å². The Morgan fingerprint density at radius 3 is 2.47 bits per heavy atom. The minimum atomic E-state index is -0.293. The molecule has 17 heavy (non-hydrogen) atoms. The van der Waals surface area contributed by atoms with Gasteiger partial charge in [-0.25, -0.2) is 0 Å². The van der Waals surface area contributed by atoms with Crippen LogP contribution in [0.4, 0.5) is 0 Å². The molecular formula is C12H21N3O2. The Morgan fingerprint density at radius 1 is 1.12 bits per heavy atom. The molecule has 0 bridgehead atoms. The SMILES string of the molecule is NC(=O)C1CCCN(C(=O)C2CCCC2N)C1. The van der Waals surface area contributed by atoms with Gasteiger partial charge in [-0.15, -0.1) is 0 Å². The minimum absolute atomic E-state index is 0.00328. The average molecular weight is 239 g/mol. The number of amides is 2. The van der Waals surface area contributed by atoms with E-state index in [-0.39, 0.29) is 29.7 Å². The van der Waals surface area contributed by atoms with Crippen molar-refractivity contribution in [1.82, 2.24) is 4.90 Å². The maximum absolute atomic E-state index is 12.3. The number of nitrogens with zero attached hydrogens (tertiary/aromatic N) is 1. The van der Waals surface area contributed by atoms with Crippen LogP contribution in [0.15, 0.2) is 0 Å². The van der Waals surface area contributed by atoms with Gasteiger partial charge in [0, 0.05) is 19.1 Å². The van der Waals surface area contributed by atoms with E-state index in [0.717, 1.165) is 38.6 Å². The number of hydrogen-bond acceptors (Lipinski definition) is 3. The van der Waals surface area contributed by atoms with Crippen molar-refractivity contribution in [3.63, 3.8) is 0 Å². The molecule has 2 rings (SSSR count). The smallest absolute Gasteiger partial charge is 0.227 e. The van der Waals surface area contributed by atoms with Crippen molar-refractivity contribution in [3.05, 3.63) is 0 Å². The van der Waals surface area contributed by atoms with Gasteiger partial charge < -0.3 is 16.4 Å². The van der Waals surface area contributed by atoms with Crippen molar-refractivity contribution in [1.29, 1.82) is 0 Å². The van der Waals surface area contributed by atoms with Gasteiger partial charge in [0.15, 0.2) is 0 Å². The lowest BCUT2D eigenvalue weighted by Gasteiger charge is -2.33. The van der Waals surface area contributed by atoms with Crippen LogP contribution >= 0.6 is 0 Å². The molecule has 0 aromatic carbocycles. The van der Waals surface area contributed by atoms with Crippen molar-refractivity contribution in [2.45, 2.75) is 38.1 Å². The van der Waals surface area contributed by atoms with Crippen LogP contribution in [0.2, 0.25) is 0 Å². The number of carbonyl (C=O) groups excluding carboxylic acids is 2. The average Bonchev–Trinajstić information content (AvgIpc) is 2.74. The molecule has 1 aliphatic heterocycles. The molecule has 2 aliphatic rings. The van der Waals surface area contributed by atoms with E-state index in [1.54, 1.807) is 4.90 Å². The lowest BCUT2D eigenvalue weighted by molar-refractivity contribution is -0.138. The van der Waals surface area contributed by atoms with Crippen molar-refractivity contribution in [3.8, 4) is 0 Å². The van der Waals surface area contributed by atoms with Gasteiger partial charge in [0.05, 0.1) is 11.8 Å². The Kier molecular flexibility index (Phi) is 3.66. The van der Waals surface area contributed by atoms with Gasteiger partial charge in [0.25, 0.3) is 0 Å². The molecule has 2 amide bonds. The summed E-state index contributed by atoms with van der Waals surface area (Å²) in [4.78, 5) is 25.2. The van der Waals surface area contributed by atoms with Gasteiger partial charge in [-0.05, 0) is 25.7 Å². The molecule has 1 aliphatic carbocycles. The Labute approximate surface area is 102 Å². The summed E-state index contributed by atoms with van der Waals surface area (Å²) in [6.45, 7) is 1.23. The van der Waals surface area contributed by atoms with E-state index in [2.05, 4.69) is 0 Å². The maximum Gasteiger partial charge on any atom is 0.227 e. The number of carbonyl (C=O) groups is 2. The van der Waals surface area contributed by atoms with Crippen LogP contribution in [0.3, 0.4) is 0 Å². The molecule has 0 spiro atoms. The molecule has 1 saturated heterocycles. The van der Waals surface area contributed by atoms with Crippen molar-refractivity contribution in [2.75, 3.05) is 13.1 Å². The Bertz CT molecular complexity index is 319. The van der Waals surface area contributed by atoms with Gasteiger partial charge in [0.2, 0.25) is 11.8 Å². The van der Waals surface area contributed by atoms with Gasteiger partial charge >= 0.3 is 0 Å². The largest absolute Gasteiger partial charge is 0.369 e.